The topological polar surface area (TPSA) is 44.8 Å². The molecule has 4 heteroatoms. The molecule has 0 aliphatic rings. The molecule has 0 fully saturated rings. The van der Waals surface area contributed by atoms with E-state index >= 15 is 0 Å². The summed E-state index contributed by atoms with van der Waals surface area (Å²) in [6.07, 6.45) is 4.97. The Morgan fingerprint density at radius 1 is 1.04 bits per heavy atom. The van der Waals surface area contributed by atoms with Crippen LogP contribution in [-0.2, 0) is 4.74 Å². The molecule has 0 bridgehead atoms. The lowest BCUT2D eigenvalue weighted by molar-refractivity contribution is 0.104. The van der Waals surface area contributed by atoms with Crippen LogP contribution in [0.2, 0.25) is 0 Å². The lowest BCUT2D eigenvalue weighted by Gasteiger charge is -2.07. The Bertz CT molecular complexity index is 717. The molecule has 0 saturated heterocycles. The van der Waals surface area contributed by atoms with Crippen molar-refractivity contribution in [3.05, 3.63) is 78.4 Å². The molecule has 0 aliphatic heterocycles. The lowest BCUT2D eigenvalue weighted by atomic mass is 10.1. The average molecular weight is 338 g/mol. The van der Waals surface area contributed by atoms with Crippen molar-refractivity contribution in [2.45, 2.75) is 0 Å². The number of allylic oxidation sites excluding steroid dienone is 1. The second-order valence-electron chi connectivity index (χ2n) is 5.20. The van der Waals surface area contributed by atoms with Crippen molar-refractivity contribution in [3.8, 4) is 11.5 Å². The van der Waals surface area contributed by atoms with Gasteiger partial charge < -0.3 is 14.2 Å². The van der Waals surface area contributed by atoms with Crippen LogP contribution in [0.25, 0.3) is 6.08 Å². The quantitative estimate of drug-likeness (QED) is 0.282. The molecule has 0 aliphatic carbocycles. The van der Waals surface area contributed by atoms with E-state index < -0.39 is 0 Å². The molecule has 0 amide bonds. The largest absolute Gasteiger partial charge is 0.491 e. The molecular weight excluding hydrogens is 316 g/mol. The number of benzene rings is 2. The number of hydrogen-bond donors (Lipinski definition) is 0. The van der Waals surface area contributed by atoms with Gasteiger partial charge in [-0.05, 0) is 42.5 Å². The van der Waals surface area contributed by atoms with E-state index in [4.69, 9.17) is 14.2 Å². The highest BCUT2D eigenvalue weighted by molar-refractivity contribution is 6.07. The first-order chi connectivity index (χ1) is 12.2. The summed E-state index contributed by atoms with van der Waals surface area (Å²) in [6.45, 7) is 5.06. The van der Waals surface area contributed by atoms with Crippen LogP contribution in [0.1, 0.15) is 15.9 Å². The number of carbonyl (C=O) groups is 1. The second kappa shape index (κ2) is 10.1. The van der Waals surface area contributed by atoms with E-state index in [2.05, 4.69) is 6.58 Å². The van der Waals surface area contributed by atoms with Gasteiger partial charge in [-0.2, -0.15) is 0 Å². The van der Waals surface area contributed by atoms with Crippen molar-refractivity contribution >= 4 is 11.9 Å². The van der Waals surface area contributed by atoms with Gasteiger partial charge in [0, 0.05) is 18.2 Å². The predicted octanol–water partition coefficient (Wildman–Crippen LogP) is 4.17. The Labute approximate surface area is 148 Å². The molecule has 0 radical (unpaired) electrons. The molecule has 2 rings (SSSR count). The van der Waals surface area contributed by atoms with E-state index in [1.54, 1.807) is 43.5 Å². The van der Waals surface area contributed by atoms with Gasteiger partial charge in [-0.1, -0.05) is 30.9 Å². The van der Waals surface area contributed by atoms with Gasteiger partial charge in [0.25, 0.3) is 0 Å². The number of ketones is 1. The van der Waals surface area contributed by atoms with Crippen molar-refractivity contribution in [3.63, 3.8) is 0 Å². The van der Waals surface area contributed by atoms with E-state index in [1.807, 2.05) is 24.3 Å². The molecule has 0 saturated carbocycles. The van der Waals surface area contributed by atoms with Gasteiger partial charge in [0.2, 0.25) is 0 Å². The Morgan fingerprint density at radius 2 is 1.80 bits per heavy atom. The van der Waals surface area contributed by atoms with Crippen LogP contribution in [-0.4, -0.2) is 32.7 Å². The highest BCUT2D eigenvalue weighted by Gasteiger charge is 2.04. The summed E-state index contributed by atoms with van der Waals surface area (Å²) >= 11 is 0. The molecule has 4 nitrogen and oxygen atoms in total. The standard InChI is InChI=1S/C21H22O4/c1-3-14-25-21-7-5-4-6-18(21)10-13-20(22)17-8-11-19(12-9-17)24-16-15-23-2/h3-13H,1,14-16H2,2H3. The first kappa shape index (κ1) is 18.5. The zero-order valence-corrected chi connectivity index (χ0v) is 14.3. The number of hydrogen-bond acceptors (Lipinski definition) is 4. The van der Waals surface area contributed by atoms with Crippen molar-refractivity contribution in [2.75, 3.05) is 26.9 Å². The van der Waals surface area contributed by atoms with Gasteiger partial charge >= 0.3 is 0 Å². The summed E-state index contributed by atoms with van der Waals surface area (Å²) in [5.74, 6) is 1.34. The maximum atomic E-state index is 12.3. The predicted molar refractivity (Wildman–Crippen MR) is 99.3 cm³/mol. The first-order valence-electron chi connectivity index (χ1n) is 8.01. The molecule has 0 spiro atoms. The monoisotopic (exact) mass is 338 g/mol. The van der Waals surface area contributed by atoms with Gasteiger partial charge in [-0.15, -0.1) is 0 Å². The molecule has 0 N–H and O–H groups in total. The van der Waals surface area contributed by atoms with Crippen molar-refractivity contribution in [1.29, 1.82) is 0 Å². The summed E-state index contributed by atoms with van der Waals surface area (Å²) in [7, 11) is 1.62. The maximum Gasteiger partial charge on any atom is 0.185 e. The molecule has 0 aromatic heterocycles. The van der Waals surface area contributed by atoms with Crippen LogP contribution in [0.15, 0.2) is 67.3 Å². The van der Waals surface area contributed by atoms with Gasteiger partial charge in [0.1, 0.15) is 24.7 Å². The fourth-order valence-corrected chi connectivity index (χ4v) is 2.12. The normalized spacial score (nSPS) is 10.6. The van der Waals surface area contributed by atoms with Gasteiger partial charge in [0.05, 0.1) is 6.61 Å². The molecule has 25 heavy (non-hydrogen) atoms. The van der Waals surface area contributed by atoms with E-state index in [1.165, 1.54) is 6.08 Å². The Balaban J connectivity index is 2.01. The van der Waals surface area contributed by atoms with Crippen molar-refractivity contribution < 1.29 is 19.0 Å². The van der Waals surface area contributed by atoms with E-state index in [0.717, 1.165) is 5.56 Å². The minimum absolute atomic E-state index is 0.0815. The number of carbonyl (C=O) groups excluding carboxylic acids is 1. The third-order valence-corrected chi connectivity index (χ3v) is 3.38. The fraction of sp³-hybridized carbons (Fsp3) is 0.190. The van der Waals surface area contributed by atoms with Crippen LogP contribution in [0, 0.1) is 0 Å². The van der Waals surface area contributed by atoms with Crippen molar-refractivity contribution in [1.82, 2.24) is 0 Å². The molecule has 0 unspecified atom stereocenters. The summed E-state index contributed by atoms with van der Waals surface area (Å²) in [5.41, 5.74) is 1.44. The highest BCUT2D eigenvalue weighted by Crippen LogP contribution is 2.20. The van der Waals surface area contributed by atoms with E-state index in [0.29, 0.717) is 36.9 Å². The summed E-state index contributed by atoms with van der Waals surface area (Å²) in [4.78, 5) is 12.3. The molecule has 0 atom stereocenters. The molecule has 2 aromatic carbocycles. The number of methoxy groups -OCH3 is 1. The van der Waals surface area contributed by atoms with Crippen molar-refractivity contribution in [2.24, 2.45) is 0 Å². The minimum Gasteiger partial charge on any atom is -0.491 e. The SMILES string of the molecule is C=CCOc1ccccc1C=CC(=O)c1ccc(OCCOC)cc1. The molecule has 2 aromatic rings. The van der Waals surface area contributed by atoms with Gasteiger partial charge in [-0.25, -0.2) is 0 Å². The van der Waals surface area contributed by atoms with Crippen LogP contribution in [0.4, 0.5) is 0 Å². The summed E-state index contributed by atoms with van der Waals surface area (Å²) in [5, 5.41) is 0. The average Bonchev–Trinajstić information content (AvgIpc) is 2.66. The lowest BCUT2D eigenvalue weighted by Crippen LogP contribution is -2.04. The first-order valence-corrected chi connectivity index (χ1v) is 8.01. The third-order valence-electron chi connectivity index (χ3n) is 3.38. The van der Waals surface area contributed by atoms with E-state index in [9.17, 15) is 4.79 Å². The number of ether oxygens (including phenoxy) is 3. The minimum atomic E-state index is -0.0815. The van der Waals surface area contributed by atoms with Gasteiger partial charge in [-0.3, -0.25) is 4.79 Å². The third kappa shape index (κ3) is 5.94. The summed E-state index contributed by atoms with van der Waals surface area (Å²) in [6, 6.07) is 14.6. The summed E-state index contributed by atoms with van der Waals surface area (Å²) < 4.78 is 16.0. The Kier molecular flexibility index (Phi) is 7.47. The van der Waals surface area contributed by atoms with Gasteiger partial charge in [0.15, 0.2) is 5.78 Å². The number of rotatable bonds is 10. The second-order valence-corrected chi connectivity index (χ2v) is 5.20. The molecule has 0 heterocycles. The van der Waals surface area contributed by atoms with Crippen LogP contribution in [0.3, 0.4) is 0 Å². The van der Waals surface area contributed by atoms with Crippen LogP contribution in [0.5, 0.6) is 11.5 Å². The fourth-order valence-electron chi connectivity index (χ4n) is 2.12. The molecular formula is C21H22O4. The van der Waals surface area contributed by atoms with Crippen LogP contribution < -0.4 is 9.47 Å². The zero-order valence-electron chi connectivity index (χ0n) is 14.3. The smallest absolute Gasteiger partial charge is 0.185 e. The highest BCUT2D eigenvalue weighted by atomic mass is 16.5. The molecule has 130 valence electrons. The Hall–Kier alpha value is -2.85. The van der Waals surface area contributed by atoms with E-state index in [-0.39, 0.29) is 5.78 Å². The van der Waals surface area contributed by atoms with Crippen LogP contribution >= 0.6 is 0 Å². The maximum absolute atomic E-state index is 12.3. The number of para-hydroxylation sites is 1. The Morgan fingerprint density at radius 3 is 2.52 bits per heavy atom. The zero-order chi connectivity index (χ0) is 17.9.